The standard InChI is InChI=1S/C21H22FN3O2S/c1-12(2)21-25-16-8-9-17(19(22)20(16)28-21)27-18-10-7-15(11-23-18)6-5-13(3)24-14(4)26/h5-13H,1-4H3,(H,24,26)/b6-5+/t13-/m0/s1. The van der Waals surface area contributed by atoms with Gasteiger partial charge >= 0.3 is 0 Å². The van der Waals surface area contributed by atoms with Crippen LogP contribution in [0.4, 0.5) is 4.39 Å². The summed E-state index contributed by atoms with van der Waals surface area (Å²) in [5, 5.41) is 3.67. The van der Waals surface area contributed by atoms with Crippen molar-refractivity contribution in [1.82, 2.24) is 15.3 Å². The highest BCUT2D eigenvalue weighted by Gasteiger charge is 2.15. The molecule has 3 aromatic rings. The van der Waals surface area contributed by atoms with Crippen molar-refractivity contribution in [3.05, 3.63) is 52.9 Å². The molecule has 7 heteroatoms. The quantitative estimate of drug-likeness (QED) is 0.612. The molecule has 0 fully saturated rings. The van der Waals surface area contributed by atoms with E-state index in [9.17, 15) is 9.18 Å². The summed E-state index contributed by atoms with van der Waals surface area (Å²) in [6.07, 6.45) is 5.35. The minimum absolute atomic E-state index is 0.0793. The zero-order chi connectivity index (χ0) is 20.3. The molecule has 0 unspecified atom stereocenters. The monoisotopic (exact) mass is 399 g/mol. The van der Waals surface area contributed by atoms with E-state index in [2.05, 4.69) is 15.3 Å². The summed E-state index contributed by atoms with van der Waals surface area (Å²) < 4.78 is 20.9. The van der Waals surface area contributed by atoms with E-state index in [4.69, 9.17) is 4.74 Å². The maximum absolute atomic E-state index is 14.8. The molecule has 0 radical (unpaired) electrons. The number of rotatable bonds is 6. The van der Waals surface area contributed by atoms with Crippen LogP contribution in [0, 0.1) is 5.82 Å². The van der Waals surface area contributed by atoms with Gasteiger partial charge in [-0.05, 0) is 30.7 Å². The minimum Gasteiger partial charge on any atom is -0.436 e. The lowest BCUT2D eigenvalue weighted by Gasteiger charge is -2.07. The molecule has 146 valence electrons. The van der Waals surface area contributed by atoms with E-state index in [-0.39, 0.29) is 23.6 Å². The van der Waals surface area contributed by atoms with Crippen molar-refractivity contribution in [1.29, 1.82) is 0 Å². The van der Waals surface area contributed by atoms with Crippen LogP contribution in [0.5, 0.6) is 11.6 Å². The van der Waals surface area contributed by atoms with Crippen molar-refractivity contribution >= 4 is 33.5 Å². The molecule has 1 aromatic carbocycles. The van der Waals surface area contributed by atoms with Crippen LogP contribution in [0.1, 0.15) is 44.2 Å². The molecule has 0 spiro atoms. The number of nitrogens with zero attached hydrogens (tertiary/aromatic N) is 2. The third kappa shape index (κ3) is 4.72. The highest BCUT2D eigenvalue weighted by atomic mass is 32.1. The number of benzene rings is 1. The smallest absolute Gasteiger partial charge is 0.219 e. The number of hydrogen-bond donors (Lipinski definition) is 1. The molecule has 0 bridgehead atoms. The molecular formula is C21H22FN3O2S. The number of ether oxygens (including phenoxy) is 1. The fourth-order valence-electron chi connectivity index (χ4n) is 2.57. The van der Waals surface area contributed by atoms with E-state index >= 15 is 0 Å². The summed E-state index contributed by atoms with van der Waals surface area (Å²) in [6, 6.07) is 6.75. The number of thiazole rings is 1. The van der Waals surface area contributed by atoms with Crippen molar-refractivity contribution in [3.63, 3.8) is 0 Å². The van der Waals surface area contributed by atoms with Gasteiger partial charge in [-0.15, -0.1) is 11.3 Å². The minimum atomic E-state index is -0.420. The van der Waals surface area contributed by atoms with Crippen LogP contribution in [-0.2, 0) is 4.79 Å². The Morgan fingerprint density at radius 1 is 1.25 bits per heavy atom. The van der Waals surface area contributed by atoms with Crippen LogP contribution in [0.3, 0.4) is 0 Å². The zero-order valence-corrected chi connectivity index (χ0v) is 17.0. The first-order valence-corrected chi connectivity index (χ1v) is 9.83. The highest BCUT2D eigenvalue weighted by Crippen LogP contribution is 2.34. The van der Waals surface area contributed by atoms with E-state index in [0.29, 0.717) is 16.1 Å². The molecule has 0 saturated carbocycles. The van der Waals surface area contributed by atoms with Crippen LogP contribution in [0.15, 0.2) is 36.5 Å². The Morgan fingerprint density at radius 2 is 2.04 bits per heavy atom. The number of amides is 1. The SMILES string of the molecule is CC(=O)N[C@@H](C)/C=C/c1ccc(Oc2ccc3nc(C(C)C)sc3c2F)nc1. The second-order valence-corrected chi connectivity index (χ2v) is 7.84. The van der Waals surface area contributed by atoms with Crippen LogP contribution < -0.4 is 10.1 Å². The third-order valence-electron chi connectivity index (χ3n) is 3.95. The van der Waals surface area contributed by atoms with Gasteiger partial charge in [-0.3, -0.25) is 4.79 Å². The Hall–Kier alpha value is -2.80. The first-order chi connectivity index (χ1) is 13.3. The van der Waals surface area contributed by atoms with Crippen LogP contribution in [0.25, 0.3) is 16.3 Å². The molecule has 1 N–H and O–H groups in total. The number of carbonyl (C=O) groups is 1. The van der Waals surface area contributed by atoms with Gasteiger partial charge in [-0.1, -0.05) is 26.0 Å². The molecule has 28 heavy (non-hydrogen) atoms. The number of halogens is 1. The van der Waals surface area contributed by atoms with Gasteiger partial charge in [0.1, 0.15) is 0 Å². The van der Waals surface area contributed by atoms with Crippen molar-refractivity contribution in [2.45, 2.75) is 39.7 Å². The predicted molar refractivity (Wildman–Crippen MR) is 110 cm³/mol. The van der Waals surface area contributed by atoms with Crippen LogP contribution in [0.2, 0.25) is 0 Å². The van der Waals surface area contributed by atoms with E-state index in [1.165, 1.54) is 18.3 Å². The Kier molecular flexibility index (Phi) is 6.04. The average molecular weight is 399 g/mol. The molecular weight excluding hydrogens is 377 g/mol. The lowest BCUT2D eigenvalue weighted by atomic mass is 10.2. The molecule has 1 atom stereocenters. The number of carbonyl (C=O) groups excluding carboxylic acids is 1. The van der Waals surface area contributed by atoms with Crippen LogP contribution >= 0.6 is 11.3 Å². The Balaban J connectivity index is 1.74. The molecule has 2 aromatic heterocycles. The van der Waals surface area contributed by atoms with Gasteiger partial charge in [0.15, 0.2) is 11.6 Å². The summed E-state index contributed by atoms with van der Waals surface area (Å²) >= 11 is 1.35. The Labute approximate surface area is 167 Å². The van der Waals surface area contributed by atoms with Gasteiger partial charge in [-0.2, -0.15) is 0 Å². The van der Waals surface area contributed by atoms with Crippen molar-refractivity contribution in [2.75, 3.05) is 0 Å². The molecule has 1 amide bonds. The number of hydrogen-bond acceptors (Lipinski definition) is 5. The molecule has 3 rings (SSSR count). The molecule has 0 saturated heterocycles. The maximum atomic E-state index is 14.8. The summed E-state index contributed by atoms with van der Waals surface area (Å²) in [4.78, 5) is 19.7. The fourth-order valence-corrected chi connectivity index (χ4v) is 3.57. The van der Waals surface area contributed by atoms with Crippen LogP contribution in [-0.4, -0.2) is 21.9 Å². The summed E-state index contributed by atoms with van der Waals surface area (Å²) in [7, 11) is 0. The number of fused-ring (bicyclic) bond motifs is 1. The predicted octanol–water partition coefficient (Wildman–Crippen LogP) is 5.28. The third-order valence-corrected chi connectivity index (χ3v) is 5.32. The lowest BCUT2D eigenvalue weighted by Crippen LogP contribution is -2.28. The van der Waals surface area contributed by atoms with E-state index < -0.39 is 5.82 Å². The fraction of sp³-hybridized carbons (Fsp3) is 0.286. The van der Waals surface area contributed by atoms with Crippen molar-refractivity contribution in [3.8, 4) is 11.6 Å². The van der Waals surface area contributed by atoms with Gasteiger partial charge in [0.2, 0.25) is 11.8 Å². The van der Waals surface area contributed by atoms with Gasteiger partial charge in [0.25, 0.3) is 0 Å². The zero-order valence-electron chi connectivity index (χ0n) is 16.2. The molecule has 5 nitrogen and oxygen atoms in total. The summed E-state index contributed by atoms with van der Waals surface area (Å²) in [6.45, 7) is 7.42. The van der Waals surface area contributed by atoms with Crippen molar-refractivity contribution in [2.24, 2.45) is 0 Å². The Bertz CT molecular complexity index is 1010. The number of aromatic nitrogens is 2. The molecule has 0 aliphatic heterocycles. The lowest BCUT2D eigenvalue weighted by molar-refractivity contribution is -0.119. The van der Waals surface area contributed by atoms with Crippen molar-refractivity contribution < 1.29 is 13.9 Å². The van der Waals surface area contributed by atoms with E-state index in [0.717, 1.165) is 10.6 Å². The number of pyridine rings is 1. The molecule has 2 heterocycles. The average Bonchev–Trinajstić information content (AvgIpc) is 3.08. The summed E-state index contributed by atoms with van der Waals surface area (Å²) in [5.41, 5.74) is 1.49. The number of nitrogens with one attached hydrogen (secondary N) is 1. The molecule has 0 aliphatic carbocycles. The van der Waals surface area contributed by atoms with E-state index in [1.807, 2.05) is 39.0 Å². The van der Waals surface area contributed by atoms with Gasteiger partial charge in [-0.25, -0.2) is 14.4 Å². The first-order valence-electron chi connectivity index (χ1n) is 9.01. The molecule has 0 aliphatic rings. The normalized spacial score (nSPS) is 12.6. The summed E-state index contributed by atoms with van der Waals surface area (Å²) in [5.74, 6) is 0.175. The van der Waals surface area contributed by atoms with Gasteiger partial charge in [0, 0.05) is 31.1 Å². The van der Waals surface area contributed by atoms with Gasteiger partial charge in [0.05, 0.1) is 15.2 Å². The van der Waals surface area contributed by atoms with E-state index in [1.54, 1.807) is 24.4 Å². The maximum Gasteiger partial charge on any atom is 0.219 e. The van der Waals surface area contributed by atoms with Gasteiger partial charge < -0.3 is 10.1 Å². The first kappa shape index (κ1) is 19.9. The largest absolute Gasteiger partial charge is 0.436 e. The second-order valence-electron chi connectivity index (χ2n) is 6.81. The topological polar surface area (TPSA) is 64.1 Å². The second kappa shape index (κ2) is 8.48. The highest BCUT2D eigenvalue weighted by molar-refractivity contribution is 7.18. The Morgan fingerprint density at radius 3 is 2.68 bits per heavy atom.